The third-order valence-corrected chi connectivity index (χ3v) is 4.04. The molecule has 0 atom stereocenters. The van der Waals surface area contributed by atoms with E-state index < -0.39 is 0 Å². The number of rotatable bonds is 3. The van der Waals surface area contributed by atoms with Gasteiger partial charge in [-0.2, -0.15) is 0 Å². The Morgan fingerprint density at radius 2 is 2.00 bits per heavy atom. The van der Waals surface area contributed by atoms with Crippen molar-refractivity contribution in [2.24, 2.45) is 0 Å². The Labute approximate surface area is 123 Å². The Kier molecular flexibility index (Phi) is 4.23. The van der Waals surface area contributed by atoms with Gasteiger partial charge in [0.1, 0.15) is 10.0 Å². The molecule has 102 valence electrons. The van der Waals surface area contributed by atoms with Crippen molar-refractivity contribution in [2.75, 3.05) is 0 Å². The average Bonchev–Trinajstić information content (AvgIpc) is 2.78. The number of aromatic nitrogens is 2. The summed E-state index contributed by atoms with van der Waals surface area (Å²) in [6.07, 6.45) is 0. The van der Waals surface area contributed by atoms with Crippen molar-refractivity contribution >= 4 is 22.9 Å². The molecule has 1 N–H and O–H groups in total. The lowest BCUT2D eigenvalue weighted by molar-refractivity contribution is 0.423. The summed E-state index contributed by atoms with van der Waals surface area (Å²) in [5.41, 5.74) is 2.22. The topological polar surface area (TPSA) is 37.8 Å². The van der Waals surface area contributed by atoms with E-state index in [1.165, 1.54) is 0 Å². The minimum Gasteiger partial charge on any atom is -0.306 e. The molecule has 0 fully saturated rings. The molecule has 2 rings (SSSR count). The number of halogens is 1. The molecule has 0 radical (unpaired) electrons. The molecular weight excluding hydrogens is 278 g/mol. The quantitative estimate of drug-likeness (QED) is 0.928. The lowest BCUT2D eigenvalue weighted by Crippen LogP contribution is -2.35. The zero-order valence-corrected chi connectivity index (χ0v) is 13.2. The van der Waals surface area contributed by atoms with Crippen molar-refractivity contribution in [2.45, 2.75) is 39.8 Å². The fourth-order valence-electron chi connectivity index (χ4n) is 1.56. The Morgan fingerprint density at radius 3 is 2.63 bits per heavy atom. The van der Waals surface area contributed by atoms with E-state index >= 15 is 0 Å². The van der Waals surface area contributed by atoms with Gasteiger partial charge in [0.05, 0.1) is 6.54 Å². The highest BCUT2D eigenvalue weighted by Crippen LogP contribution is 2.27. The van der Waals surface area contributed by atoms with Crippen LogP contribution in [0.15, 0.2) is 18.2 Å². The summed E-state index contributed by atoms with van der Waals surface area (Å²) < 4.78 is 0. The number of nitrogens with zero attached hydrogens (tertiary/aromatic N) is 2. The summed E-state index contributed by atoms with van der Waals surface area (Å²) in [6, 6.07) is 5.93. The summed E-state index contributed by atoms with van der Waals surface area (Å²) in [5, 5.41) is 14.6. The highest BCUT2D eigenvalue weighted by Gasteiger charge is 2.12. The molecule has 3 nitrogen and oxygen atoms in total. The van der Waals surface area contributed by atoms with Gasteiger partial charge in [-0.05, 0) is 45.4 Å². The van der Waals surface area contributed by atoms with Crippen LogP contribution in [-0.2, 0) is 6.54 Å². The van der Waals surface area contributed by atoms with E-state index in [9.17, 15) is 0 Å². The van der Waals surface area contributed by atoms with Crippen LogP contribution in [0.2, 0.25) is 5.02 Å². The summed E-state index contributed by atoms with van der Waals surface area (Å²) in [4.78, 5) is 0. The molecule has 0 saturated heterocycles. The molecule has 1 heterocycles. The van der Waals surface area contributed by atoms with E-state index in [2.05, 4.69) is 36.3 Å². The van der Waals surface area contributed by atoms with Gasteiger partial charge in [0, 0.05) is 16.1 Å². The monoisotopic (exact) mass is 295 g/mol. The zero-order valence-electron chi connectivity index (χ0n) is 11.6. The first-order chi connectivity index (χ1) is 8.85. The predicted octanol–water partition coefficient (Wildman–Crippen LogP) is 4.06. The fourth-order valence-corrected chi connectivity index (χ4v) is 2.45. The van der Waals surface area contributed by atoms with E-state index in [1.54, 1.807) is 11.3 Å². The molecule has 1 aromatic heterocycles. The first-order valence-corrected chi connectivity index (χ1v) is 7.38. The predicted molar refractivity (Wildman–Crippen MR) is 81.7 cm³/mol. The lowest BCUT2D eigenvalue weighted by Gasteiger charge is -2.19. The normalized spacial score (nSPS) is 11.8. The van der Waals surface area contributed by atoms with Crippen LogP contribution >= 0.6 is 22.9 Å². The summed E-state index contributed by atoms with van der Waals surface area (Å²) >= 11 is 7.64. The molecule has 0 saturated carbocycles. The average molecular weight is 296 g/mol. The van der Waals surface area contributed by atoms with Gasteiger partial charge in [0.15, 0.2) is 0 Å². The molecule has 0 unspecified atom stereocenters. The maximum atomic E-state index is 6.03. The second kappa shape index (κ2) is 5.57. The Bertz CT molecular complexity index is 572. The molecule has 19 heavy (non-hydrogen) atoms. The van der Waals surface area contributed by atoms with Gasteiger partial charge in [0.25, 0.3) is 0 Å². The first kappa shape index (κ1) is 14.4. The van der Waals surface area contributed by atoms with E-state index in [1.807, 2.05) is 25.1 Å². The third-order valence-electron chi connectivity index (χ3n) is 2.64. The maximum absolute atomic E-state index is 6.03. The summed E-state index contributed by atoms with van der Waals surface area (Å²) in [6.45, 7) is 9.15. The van der Waals surface area contributed by atoms with Crippen LogP contribution in [-0.4, -0.2) is 15.7 Å². The van der Waals surface area contributed by atoms with Crippen molar-refractivity contribution in [1.29, 1.82) is 0 Å². The van der Waals surface area contributed by atoms with Gasteiger partial charge in [-0.1, -0.05) is 29.0 Å². The molecule has 0 spiro atoms. The lowest BCUT2D eigenvalue weighted by atomic mass is 10.1. The molecule has 5 heteroatoms. The Hall–Kier alpha value is -0.970. The second-order valence-corrected chi connectivity index (χ2v) is 7.04. The SMILES string of the molecule is Cc1cc(-c2nnc(CNC(C)(C)C)s2)ccc1Cl. The van der Waals surface area contributed by atoms with Gasteiger partial charge in [-0.15, -0.1) is 10.2 Å². The van der Waals surface area contributed by atoms with Gasteiger partial charge in [-0.3, -0.25) is 0 Å². The number of hydrogen-bond acceptors (Lipinski definition) is 4. The Balaban J connectivity index is 2.14. The minimum atomic E-state index is 0.0860. The van der Waals surface area contributed by atoms with Gasteiger partial charge >= 0.3 is 0 Å². The van der Waals surface area contributed by atoms with Gasteiger partial charge in [0.2, 0.25) is 0 Å². The zero-order chi connectivity index (χ0) is 14.0. The first-order valence-electron chi connectivity index (χ1n) is 6.19. The third kappa shape index (κ3) is 4.00. The smallest absolute Gasteiger partial charge is 0.147 e. The van der Waals surface area contributed by atoms with Crippen molar-refractivity contribution in [3.8, 4) is 10.6 Å². The number of hydrogen-bond donors (Lipinski definition) is 1. The fraction of sp³-hybridized carbons (Fsp3) is 0.429. The number of aryl methyl sites for hydroxylation is 1. The van der Waals surface area contributed by atoms with Crippen LogP contribution in [0, 0.1) is 6.92 Å². The van der Waals surface area contributed by atoms with E-state index in [0.29, 0.717) is 0 Å². The van der Waals surface area contributed by atoms with Crippen LogP contribution < -0.4 is 5.32 Å². The minimum absolute atomic E-state index is 0.0860. The van der Waals surface area contributed by atoms with Gasteiger partial charge in [-0.25, -0.2) is 0 Å². The van der Waals surface area contributed by atoms with E-state index in [0.717, 1.165) is 32.7 Å². The van der Waals surface area contributed by atoms with E-state index in [4.69, 9.17) is 11.6 Å². The standard InChI is InChI=1S/C14H18ClN3S/c1-9-7-10(5-6-11(9)15)13-18-17-12(19-13)8-16-14(2,3)4/h5-7,16H,8H2,1-4H3. The van der Waals surface area contributed by atoms with Crippen LogP contribution in [0.4, 0.5) is 0 Å². The maximum Gasteiger partial charge on any atom is 0.147 e. The number of benzene rings is 1. The molecule has 0 aliphatic carbocycles. The van der Waals surface area contributed by atoms with Crippen LogP contribution in [0.3, 0.4) is 0 Å². The molecule has 2 aromatic rings. The molecule has 0 bridgehead atoms. The van der Waals surface area contributed by atoms with E-state index in [-0.39, 0.29) is 5.54 Å². The Morgan fingerprint density at radius 1 is 1.26 bits per heavy atom. The highest BCUT2D eigenvalue weighted by atomic mass is 35.5. The molecule has 1 aromatic carbocycles. The van der Waals surface area contributed by atoms with Crippen LogP contribution in [0.1, 0.15) is 31.3 Å². The number of nitrogens with one attached hydrogen (secondary N) is 1. The molecule has 0 aliphatic rings. The van der Waals surface area contributed by atoms with Crippen molar-refractivity contribution in [3.63, 3.8) is 0 Å². The molecular formula is C14H18ClN3S. The molecule has 0 amide bonds. The van der Waals surface area contributed by atoms with Crippen molar-refractivity contribution in [3.05, 3.63) is 33.8 Å². The highest BCUT2D eigenvalue weighted by molar-refractivity contribution is 7.14. The summed E-state index contributed by atoms with van der Waals surface area (Å²) in [5.74, 6) is 0. The largest absolute Gasteiger partial charge is 0.306 e. The molecule has 0 aliphatic heterocycles. The van der Waals surface area contributed by atoms with Crippen molar-refractivity contribution < 1.29 is 0 Å². The second-order valence-electron chi connectivity index (χ2n) is 5.57. The van der Waals surface area contributed by atoms with Crippen LogP contribution in [0.5, 0.6) is 0 Å². The van der Waals surface area contributed by atoms with Crippen molar-refractivity contribution in [1.82, 2.24) is 15.5 Å². The van der Waals surface area contributed by atoms with Crippen LogP contribution in [0.25, 0.3) is 10.6 Å². The summed E-state index contributed by atoms with van der Waals surface area (Å²) in [7, 11) is 0. The van der Waals surface area contributed by atoms with Gasteiger partial charge < -0.3 is 5.32 Å².